The van der Waals surface area contributed by atoms with Gasteiger partial charge in [0.1, 0.15) is 17.9 Å². The van der Waals surface area contributed by atoms with E-state index < -0.39 is 29.3 Å². The highest BCUT2D eigenvalue weighted by molar-refractivity contribution is 7.10. The maximum Gasteiger partial charge on any atom is 0.324 e. The summed E-state index contributed by atoms with van der Waals surface area (Å²) in [5.41, 5.74) is 8.73. The molecule has 1 aromatic carbocycles. The van der Waals surface area contributed by atoms with Crippen molar-refractivity contribution in [2.75, 3.05) is 71.6 Å². The van der Waals surface area contributed by atoms with E-state index in [2.05, 4.69) is 59.0 Å². The quantitative estimate of drug-likeness (QED) is 0.243. The van der Waals surface area contributed by atoms with Crippen molar-refractivity contribution in [1.29, 1.82) is 0 Å². The SMILES string of the molecule is CCn1c(-c2cc(N3CCN(C)CC3)cnc2[C@H](C)OC)c2c3cc(c(F)cc31)-c1csc(n1)C[C@H](NC(=O)C1[C@H]3COC[C@@H]13)C(=O)N1CCC[C@H](N1)C(=O)OCC(C)(C)C2. The number of anilines is 1. The van der Waals surface area contributed by atoms with Gasteiger partial charge < -0.3 is 33.9 Å². The normalized spacial score (nSPS) is 26.2. The molecule has 5 aliphatic rings. The first-order valence-electron chi connectivity index (χ1n) is 21.7. The number of carbonyl (C=O) groups excluding carboxylic acids is 3. The average molecular weight is 857 g/mol. The Hall–Kier alpha value is -4.48. The van der Waals surface area contributed by atoms with E-state index in [-0.39, 0.29) is 48.7 Å². The second kappa shape index (κ2) is 16.7. The molecular weight excluding hydrogens is 800 g/mol. The Balaban J connectivity index is 1.17. The lowest BCUT2D eigenvalue weighted by Crippen LogP contribution is -2.60. The summed E-state index contributed by atoms with van der Waals surface area (Å²) in [7, 11) is 3.82. The summed E-state index contributed by atoms with van der Waals surface area (Å²) in [5, 5.41) is 7.76. The van der Waals surface area contributed by atoms with Crippen LogP contribution in [0.3, 0.4) is 0 Å². The Bertz CT molecular complexity index is 2330. The van der Waals surface area contributed by atoms with E-state index in [1.165, 1.54) is 16.3 Å². The van der Waals surface area contributed by atoms with Gasteiger partial charge in [-0.3, -0.25) is 24.4 Å². The minimum absolute atomic E-state index is 0.104. The molecule has 7 heterocycles. The van der Waals surface area contributed by atoms with Crippen molar-refractivity contribution in [2.24, 2.45) is 23.2 Å². The molecule has 1 unspecified atom stereocenters. The number of aryl methyl sites for hydroxylation is 1. The first-order valence-corrected chi connectivity index (χ1v) is 22.6. The number of benzene rings is 1. The van der Waals surface area contributed by atoms with Crippen molar-refractivity contribution in [2.45, 2.75) is 78.1 Å². The Morgan fingerprint density at radius 1 is 1.11 bits per heavy atom. The number of carbonyl (C=O) groups is 3. The van der Waals surface area contributed by atoms with E-state index in [1.54, 1.807) is 13.2 Å². The van der Waals surface area contributed by atoms with Gasteiger partial charge in [-0.15, -0.1) is 11.3 Å². The first kappa shape index (κ1) is 41.9. The number of cyclic esters (lactones) is 1. The number of rotatable bonds is 7. The average Bonchev–Trinajstić information content (AvgIpc) is 3.57. The standard InChI is InChI=1S/C45H57FN8O6S/c1-7-53-37-17-33(46)28-16-27(37)30(41(53)29-15-26(20-47-40(29)25(2)58-6)52-13-11-51(5)12-14-52)19-45(3,4)24-60-44(57)34-9-8-10-54(50-34)43(56)35(18-38-48-36(28)23-61-38)49-42(55)39-31-21-59-22-32(31)39/h15-17,20,23,25,31-32,34-35,39,50H,7-14,18-19,21-22,24H2,1-6H3,(H,49,55)/t25-,31-,32+,34-,35-,39?/m0/s1. The molecule has 2 N–H and O–H groups in total. The minimum atomic E-state index is -0.951. The number of fused-ring (bicyclic) bond motifs is 7. The highest BCUT2D eigenvalue weighted by Crippen LogP contribution is 2.51. The van der Waals surface area contributed by atoms with E-state index in [4.69, 9.17) is 24.2 Å². The zero-order valence-corrected chi connectivity index (χ0v) is 36.8. The van der Waals surface area contributed by atoms with Crippen molar-refractivity contribution in [1.82, 2.24) is 35.2 Å². The van der Waals surface area contributed by atoms with E-state index >= 15 is 4.39 Å². The smallest absolute Gasteiger partial charge is 0.324 e. The molecule has 0 spiro atoms. The maximum absolute atomic E-state index is 16.7. The van der Waals surface area contributed by atoms with Gasteiger partial charge in [0.05, 0.1) is 65.4 Å². The molecule has 4 aliphatic heterocycles. The zero-order chi connectivity index (χ0) is 42.7. The number of hydrogen-bond acceptors (Lipinski definition) is 12. The van der Waals surface area contributed by atoms with Crippen LogP contribution in [-0.2, 0) is 48.0 Å². The molecule has 6 atom stereocenters. The lowest BCUT2D eigenvalue weighted by atomic mass is 9.84. The van der Waals surface area contributed by atoms with E-state index in [0.29, 0.717) is 61.8 Å². The van der Waals surface area contributed by atoms with E-state index in [0.717, 1.165) is 65.3 Å². The number of methoxy groups -OCH3 is 1. The molecule has 3 saturated heterocycles. The molecule has 9 rings (SSSR count). The Labute approximate surface area is 360 Å². The molecule has 6 bridgehead atoms. The molecule has 4 fully saturated rings. The molecule has 16 heteroatoms. The highest BCUT2D eigenvalue weighted by atomic mass is 32.1. The molecule has 1 aliphatic carbocycles. The van der Waals surface area contributed by atoms with E-state index in [9.17, 15) is 14.4 Å². The fraction of sp³-hybridized carbons (Fsp3) is 0.578. The number of likely N-dealkylation sites (N-methyl/N-ethyl adjacent to an activating group) is 1. The summed E-state index contributed by atoms with van der Waals surface area (Å²) >= 11 is 1.33. The molecule has 326 valence electrons. The summed E-state index contributed by atoms with van der Waals surface area (Å²) in [6, 6.07) is 4.02. The topological polar surface area (TPSA) is 143 Å². The highest BCUT2D eigenvalue weighted by Gasteiger charge is 2.58. The summed E-state index contributed by atoms with van der Waals surface area (Å²) in [6.45, 7) is 13.9. The van der Waals surface area contributed by atoms with Gasteiger partial charge in [-0.2, -0.15) is 0 Å². The van der Waals surface area contributed by atoms with Gasteiger partial charge in [0, 0.05) is 86.0 Å². The van der Waals surface area contributed by atoms with Crippen LogP contribution in [0.25, 0.3) is 33.4 Å². The van der Waals surface area contributed by atoms with Gasteiger partial charge in [0.15, 0.2) is 0 Å². The summed E-state index contributed by atoms with van der Waals surface area (Å²) in [6.07, 6.45) is 3.28. The number of hydrazine groups is 1. The van der Waals surface area contributed by atoms with Crippen LogP contribution in [0.2, 0.25) is 0 Å². The van der Waals surface area contributed by atoms with Gasteiger partial charge >= 0.3 is 5.97 Å². The number of piperazine rings is 1. The second-order valence-corrected chi connectivity index (χ2v) is 19.2. The fourth-order valence-corrected chi connectivity index (χ4v) is 10.6. The maximum atomic E-state index is 16.7. The third-order valence-electron chi connectivity index (χ3n) is 13.4. The summed E-state index contributed by atoms with van der Waals surface area (Å²) < 4.78 is 36.4. The van der Waals surface area contributed by atoms with Gasteiger partial charge in [0.25, 0.3) is 5.91 Å². The largest absolute Gasteiger partial charge is 0.464 e. The van der Waals surface area contributed by atoms with Crippen molar-refractivity contribution < 1.29 is 33.0 Å². The third-order valence-corrected chi connectivity index (χ3v) is 14.3. The fourth-order valence-electron chi connectivity index (χ4n) is 9.78. The van der Waals surface area contributed by atoms with Crippen molar-refractivity contribution >= 4 is 45.7 Å². The predicted molar refractivity (Wildman–Crippen MR) is 230 cm³/mol. The number of halogens is 1. The van der Waals surface area contributed by atoms with Gasteiger partial charge in [-0.25, -0.2) is 14.8 Å². The lowest BCUT2D eigenvalue weighted by Gasteiger charge is -2.35. The number of nitrogens with zero attached hydrogens (tertiary/aromatic N) is 6. The minimum Gasteiger partial charge on any atom is -0.464 e. The number of nitrogens with one attached hydrogen (secondary N) is 2. The van der Waals surface area contributed by atoms with Crippen LogP contribution in [0.5, 0.6) is 0 Å². The van der Waals surface area contributed by atoms with Crippen LogP contribution in [0, 0.1) is 29.0 Å². The number of hydrogen-bond donors (Lipinski definition) is 2. The van der Waals surface area contributed by atoms with Crippen LogP contribution in [0.15, 0.2) is 29.8 Å². The van der Waals surface area contributed by atoms with Crippen LogP contribution >= 0.6 is 11.3 Å². The summed E-state index contributed by atoms with van der Waals surface area (Å²) in [4.78, 5) is 56.4. The molecule has 3 aromatic heterocycles. The Morgan fingerprint density at radius 2 is 1.89 bits per heavy atom. The zero-order valence-electron chi connectivity index (χ0n) is 36.0. The van der Waals surface area contributed by atoms with Crippen LogP contribution in [-0.4, -0.2) is 121 Å². The van der Waals surface area contributed by atoms with Crippen molar-refractivity contribution in [3.8, 4) is 22.5 Å². The van der Waals surface area contributed by atoms with Crippen molar-refractivity contribution in [3.63, 3.8) is 0 Å². The second-order valence-electron chi connectivity index (χ2n) is 18.3. The van der Waals surface area contributed by atoms with Crippen LogP contribution < -0.4 is 15.6 Å². The predicted octanol–water partition coefficient (Wildman–Crippen LogP) is 4.99. The number of thiazole rings is 1. The lowest BCUT2D eigenvalue weighted by molar-refractivity contribution is -0.155. The number of aromatic nitrogens is 3. The van der Waals surface area contributed by atoms with E-state index in [1.807, 2.05) is 24.6 Å². The number of esters is 1. The molecule has 0 radical (unpaired) electrons. The molecule has 2 amide bonds. The third kappa shape index (κ3) is 8.05. The molecule has 1 saturated carbocycles. The van der Waals surface area contributed by atoms with Crippen molar-refractivity contribution in [3.05, 3.63) is 51.9 Å². The van der Waals surface area contributed by atoms with Crippen LogP contribution in [0.4, 0.5) is 10.1 Å². The Kier molecular flexibility index (Phi) is 11.4. The molecule has 14 nitrogen and oxygen atoms in total. The number of pyridine rings is 1. The van der Waals surface area contributed by atoms with Gasteiger partial charge in [-0.1, -0.05) is 13.8 Å². The van der Waals surface area contributed by atoms with Gasteiger partial charge in [-0.05, 0) is 75.8 Å². The molecule has 4 aromatic rings. The Morgan fingerprint density at radius 3 is 2.62 bits per heavy atom. The van der Waals surface area contributed by atoms with Crippen LogP contribution in [0.1, 0.15) is 62.9 Å². The number of ether oxygens (including phenoxy) is 3. The monoisotopic (exact) mass is 856 g/mol. The van der Waals surface area contributed by atoms with Gasteiger partial charge in [0.2, 0.25) is 5.91 Å². The molecule has 61 heavy (non-hydrogen) atoms. The summed E-state index contributed by atoms with van der Waals surface area (Å²) in [5.74, 6) is -1.27. The first-order chi connectivity index (χ1) is 29.3. The number of amides is 2. The molecular formula is C45H57FN8O6S.